The van der Waals surface area contributed by atoms with Gasteiger partial charge in [0, 0.05) is 22.5 Å². The number of ketones is 1. The summed E-state index contributed by atoms with van der Waals surface area (Å²) in [7, 11) is 0. The molecule has 130 valence electrons. The first-order valence-corrected chi connectivity index (χ1v) is 8.93. The molecule has 4 aromatic rings. The Bertz CT molecular complexity index is 988. The Labute approximate surface area is 159 Å². The fourth-order valence-electron chi connectivity index (χ4n) is 3.19. The highest BCUT2D eigenvalue weighted by atomic mass is 16.1. The van der Waals surface area contributed by atoms with Gasteiger partial charge in [-0.15, -0.1) is 0 Å². The summed E-state index contributed by atoms with van der Waals surface area (Å²) in [5.74, 6) is 0.0167. The molecule has 27 heavy (non-hydrogen) atoms. The second-order valence-electron chi connectivity index (χ2n) is 6.22. The van der Waals surface area contributed by atoms with E-state index < -0.39 is 0 Å². The van der Waals surface area contributed by atoms with Crippen LogP contribution in [-0.2, 0) is 0 Å². The van der Waals surface area contributed by atoms with Crippen LogP contribution in [0.4, 0.5) is 17.1 Å². The number of hydrogen-bond donors (Lipinski definition) is 0. The summed E-state index contributed by atoms with van der Waals surface area (Å²) >= 11 is 0. The predicted molar refractivity (Wildman–Crippen MR) is 111 cm³/mol. The molecule has 0 atom stereocenters. The molecule has 0 unspecified atom stereocenters. The Kier molecular flexibility index (Phi) is 4.80. The molecule has 0 heterocycles. The van der Waals surface area contributed by atoms with E-state index in [1.165, 1.54) is 0 Å². The largest absolute Gasteiger partial charge is 0.310 e. The van der Waals surface area contributed by atoms with Crippen LogP contribution in [-0.4, -0.2) is 5.78 Å². The minimum Gasteiger partial charge on any atom is -0.310 e. The molecule has 0 saturated carbocycles. The lowest BCUT2D eigenvalue weighted by Gasteiger charge is -2.27. The van der Waals surface area contributed by atoms with Crippen LogP contribution in [0.15, 0.2) is 115 Å². The van der Waals surface area contributed by atoms with E-state index in [2.05, 4.69) is 29.2 Å². The number of carbonyl (C=O) groups excluding carboxylic acids is 1. The fraction of sp³-hybridized carbons (Fsp3) is 0. The number of para-hydroxylation sites is 3. The zero-order chi connectivity index (χ0) is 18.5. The van der Waals surface area contributed by atoms with Crippen molar-refractivity contribution >= 4 is 22.8 Å². The van der Waals surface area contributed by atoms with Gasteiger partial charge < -0.3 is 4.90 Å². The molecule has 0 radical (unpaired) electrons. The van der Waals surface area contributed by atoms with Gasteiger partial charge in [0.25, 0.3) is 0 Å². The summed E-state index contributed by atoms with van der Waals surface area (Å²) in [6, 6.07) is 37.4. The quantitative estimate of drug-likeness (QED) is 0.389. The molecule has 0 aliphatic carbocycles. The van der Waals surface area contributed by atoms with Crippen molar-refractivity contribution in [2.45, 2.75) is 0 Å². The smallest absolute Gasteiger partial charge is 0.195 e. The molecular weight excluding hydrogens is 330 g/mol. The van der Waals surface area contributed by atoms with Crippen molar-refractivity contribution in [3.05, 3.63) is 126 Å². The first-order chi connectivity index (χ1) is 13.3. The van der Waals surface area contributed by atoms with E-state index in [-0.39, 0.29) is 5.78 Å². The van der Waals surface area contributed by atoms with Gasteiger partial charge in [-0.05, 0) is 36.4 Å². The Balaban J connectivity index is 1.88. The molecule has 0 saturated heterocycles. The molecule has 0 aromatic heterocycles. The monoisotopic (exact) mass is 349 g/mol. The molecule has 0 fully saturated rings. The van der Waals surface area contributed by atoms with Crippen LogP contribution >= 0.6 is 0 Å². The SMILES string of the molecule is O=C(c1ccccc1)c1ccccc1N(c1ccccc1)c1ccccc1. The Morgan fingerprint density at radius 1 is 0.519 bits per heavy atom. The lowest BCUT2D eigenvalue weighted by atomic mass is 10.0. The zero-order valence-corrected chi connectivity index (χ0v) is 14.8. The maximum absolute atomic E-state index is 13.2. The highest BCUT2D eigenvalue weighted by Gasteiger charge is 2.19. The molecule has 0 spiro atoms. The van der Waals surface area contributed by atoms with Crippen LogP contribution in [0.1, 0.15) is 15.9 Å². The standard InChI is InChI=1S/C25H19NO/c27-25(20-12-4-1-5-13-20)23-18-10-11-19-24(23)26(21-14-6-2-7-15-21)22-16-8-3-9-17-22/h1-19H. The third-order valence-corrected chi connectivity index (χ3v) is 4.45. The van der Waals surface area contributed by atoms with Gasteiger partial charge in [-0.1, -0.05) is 78.9 Å². The molecule has 2 nitrogen and oxygen atoms in total. The van der Waals surface area contributed by atoms with Crippen molar-refractivity contribution in [2.24, 2.45) is 0 Å². The van der Waals surface area contributed by atoms with Gasteiger partial charge in [-0.25, -0.2) is 0 Å². The van der Waals surface area contributed by atoms with E-state index >= 15 is 0 Å². The van der Waals surface area contributed by atoms with Crippen molar-refractivity contribution < 1.29 is 4.79 Å². The minimum absolute atomic E-state index is 0.0167. The summed E-state index contributed by atoms with van der Waals surface area (Å²) in [5.41, 5.74) is 4.25. The summed E-state index contributed by atoms with van der Waals surface area (Å²) < 4.78 is 0. The second-order valence-corrected chi connectivity index (χ2v) is 6.22. The van der Waals surface area contributed by atoms with Crippen molar-refractivity contribution in [3.63, 3.8) is 0 Å². The minimum atomic E-state index is 0.0167. The van der Waals surface area contributed by atoms with Gasteiger partial charge in [0.2, 0.25) is 0 Å². The van der Waals surface area contributed by atoms with Gasteiger partial charge in [-0.3, -0.25) is 4.79 Å². The number of rotatable bonds is 5. The molecular formula is C25H19NO. The second kappa shape index (κ2) is 7.71. The Morgan fingerprint density at radius 2 is 0.963 bits per heavy atom. The van der Waals surface area contributed by atoms with Gasteiger partial charge in [0.05, 0.1) is 5.69 Å². The van der Waals surface area contributed by atoms with Crippen LogP contribution in [0.2, 0.25) is 0 Å². The molecule has 0 bridgehead atoms. The summed E-state index contributed by atoms with van der Waals surface area (Å²) in [6.45, 7) is 0. The highest BCUT2D eigenvalue weighted by Crippen LogP contribution is 2.36. The average molecular weight is 349 g/mol. The van der Waals surface area contributed by atoms with Crippen molar-refractivity contribution in [1.29, 1.82) is 0 Å². The maximum Gasteiger partial charge on any atom is 0.195 e. The molecule has 0 N–H and O–H groups in total. The normalized spacial score (nSPS) is 10.4. The molecule has 0 aliphatic rings. The third-order valence-electron chi connectivity index (χ3n) is 4.45. The first-order valence-electron chi connectivity index (χ1n) is 8.93. The van der Waals surface area contributed by atoms with Gasteiger partial charge in [0.1, 0.15) is 0 Å². The summed E-state index contributed by atoms with van der Waals surface area (Å²) in [6.07, 6.45) is 0. The lowest BCUT2D eigenvalue weighted by Crippen LogP contribution is -2.14. The van der Waals surface area contributed by atoms with Gasteiger partial charge in [0.15, 0.2) is 5.78 Å². The van der Waals surface area contributed by atoms with Crippen LogP contribution in [0, 0.1) is 0 Å². The number of carbonyl (C=O) groups is 1. The molecule has 4 aromatic carbocycles. The van der Waals surface area contributed by atoms with E-state index in [0.717, 1.165) is 17.1 Å². The van der Waals surface area contributed by atoms with E-state index in [4.69, 9.17) is 0 Å². The van der Waals surface area contributed by atoms with Crippen LogP contribution in [0.5, 0.6) is 0 Å². The Morgan fingerprint density at radius 3 is 1.52 bits per heavy atom. The fourth-order valence-corrected chi connectivity index (χ4v) is 3.19. The molecule has 0 aliphatic heterocycles. The van der Waals surface area contributed by atoms with E-state index in [9.17, 15) is 4.79 Å². The maximum atomic E-state index is 13.2. The summed E-state index contributed by atoms with van der Waals surface area (Å²) in [5, 5.41) is 0. The topological polar surface area (TPSA) is 20.3 Å². The lowest BCUT2D eigenvalue weighted by molar-refractivity contribution is 0.103. The Hall–Kier alpha value is -3.65. The highest BCUT2D eigenvalue weighted by molar-refractivity contribution is 6.13. The third kappa shape index (κ3) is 3.51. The van der Waals surface area contributed by atoms with Crippen molar-refractivity contribution in [2.75, 3.05) is 4.90 Å². The van der Waals surface area contributed by atoms with E-state index in [1.807, 2.05) is 91.0 Å². The van der Waals surface area contributed by atoms with Crippen LogP contribution in [0.25, 0.3) is 0 Å². The molecule has 4 rings (SSSR count). The number of anilines is 3. The van der Waals surface area contributed by atoms with Crippen molar-refractivity contribution in [3.8, 4) is 0 Å². The first kappa shape index (κ1) is 16.8. The van der Waals surface area contributed by atoms with Crippen molar-refractivity contribution in [1.82, 2.24) is 0 Å². The molecule has 2 heteroatoms. The molecule has 0 amide bonds. The van der Waals surface area contributed by atoms with E-state index in [0.29, 0.717) is 11.1 Å². The predicted octanol–water partition coefficient (Wildman–Crippen LogP) is 6.39. The number of hydrogen-bond acceptors (Lipinski definition) is 2. The number of benzene rings is 4. The summed E-state index contributed by atoms with van der Waals surface area (Å²) in [4.78, 5) is 15.3. The number of nitrogens with zero attached hydrogens (tertiary/aromatic N) is 1. The van der Waals surface area contributed by atoms with Gasteiger partial charge in [-0.2, -0.15) is 0 Å². The average Bonchev–Trinajstić information content (AvgIpc) is 2.76. The zero-order valence-electron chi connectivity index (χ0n) is 14.8. The van der Waals surface area contributed by atoms with Gasteiger partial charge >= 0.3 is 0 Å². The van der Waals surface area contributed by atoms with E-state index in [1.54, 1.807) is 0 Å². The van der Waals surface area contributed by atoms with Crippen LogP contribution in [0.3, 0.4) is 0 Å². The van der Waals surface area contributed by atoms with Crippen LogP contribution < -0.4 is 4.90 Å².